The van der Waals surface area contributed by atoms with Crippen molar-refractivity contribution in [3.63, 3.8) is 0 Å². The van der Waals surface area contributed by atoms with Crippen LogP contribution in [0, 0.1) is 5.82 Å². The van der Waals surface area contributed by atoms with E-state index in [1.807, 2.05) is 14.1 Å². The van der Waals surface area contributed by atoms with Crippen LogP contribution in [-0.4, -0.2) is 31.3 Å². The summed E-state index contributed by atoms with van der Waals surface area (Å²) in [6, 6.07) is 4.50. The molecular formula is C11H13ClFNO. The van der Waals surface area contributed by atoms with Gasteiger partial charge >= 0.3 is 0 Å². The van der Waals surface area contributed by atoms with Gasteiger partial charge in [0.25, 0.3) is 0 Å². The molecule has 0 atom stereocenters. The molecule has 82 valence electrons. The van der Waals surface area contributed by atoms with E-state index in [0.717, 1.165) is 0 Å². The lowest BCUT2D eigenvalue weighted by molar-refractivity contribution is -0.119. The number of nitrogens with zero attached hydrogens (tertiary/aromatic N) is 1. The minimum atomic E-state index is -0.480. The molecule has 0 saturated heterocycles. The van der Waals surface area contributed by atoms with Crippen molar-refractivity contribution in [1.82, 2.24) is 4.90 Å². The minimum absolute atomic E-state index is 0.0208. The first kappa shape index (κ1) is 12.1. The lowest BCUT2D eigenvalue weighted by Crippen LogP contribution is -2.23. The molecule has 1 aromatic carbocycles. The fraction of sp³-hybridized carbons (Fsp3) is 0.364. The first-order valence-electron chi connectivity index (χ1n) is 4.60. The highest BCUT2D eigenvalue weighted by Gasteiger charge is 2.10. The average molecular weight is 230 g/mol. The number of hydrogen-bond donors (Lipinski definition) is 0. The summed E-state index contributed by atoms with van der Waals surface area (Å²) in [6.07, 6.45) is 0.175. The number of ketones is 1. The predicted molar refractivity (Wildman–Crippen MR) is 58.7 cm³/mol. The minimum Gasteiger partial charge on any atom is -0.302 e. The smallest absolute Gasteiger partial charge is 0.151 e. The third-order valence-corrected chi connectivity index (χ3v) is 2.34. The molecule has 0 spiro atoms. The van der Waals surface area contributed by atoms with E-state index in [1.165, 1.54) is 6.07 Å². The Morgan fingerprint density at radius 3 is 2.73 bits per heavy atom. The highest BCUT2D eigenvalue weighted by molar-refractivity contribution is 6.31. The van der Waals surface area contributed by atoms with E-state index in [1.54, 1.807) is 17.0 Å². The average Bonchev–Trinajstić information content (AvgIpc) is 2.11. The number of hydrogen-bond acceptors (Lipinski definition) is 2. The number of rotatable bonds is 4. The summed E-state index contributed by atoms with van der Waals surface area (Å²) in [5.74, 6) is -0.459. The largest absolute Gasteiger partial charge is 0.302 e. The molecule has 1 aromatic rings. The van der Waals surface area contributed by atoms with Gasteiger partial charge in [0.2, 0.25) is 0 Å². The zero-order chi connectivity index (χ0) is 11.4. The van der Waals surface area contributed by atoms with Crippen molar-refractivity contribution in [2.75, 3.05) is 20.6 Å². The molecule has 0 bridgehead atoms. The van der Waals surface area contributed by atoms with Crippen LogP contribution in [0.4, 0.5) is 4.39 Å². The van der Waals surface area contributed by atoms with E-state index in [9.17, 15) is 9.18 Å². The molecular weight excluding hydrogens is 217 g/mol. The van der Waals surface area contributed by atoms with E-state index in [0.29, 0.717) is 12.1 Å². The maximum absolute atomic E-state index is 13.0. The highest BCUT2D eigenvalue weighted by atomic mass is 35.5. The van der Waals surface area contributed by atoms with Crippen LogP contribution in [0.1, 0.15) is 5.56 Å². The standard InChI is InChI=1S/C11H13ClFNO/c1-14(2)7-9(15)6-8-4-3-5-10(13)11(8)12/h3-5H,6-7H2,1-2H3. The van der Waals surface area contributed by atoms with Gasteiger partial charge < -0.3 is 4.90 Å². The maximum atomic E-state index is 13.0. The van der Waals surface area contributed by atoms with Crippen molar-refractivity contribution in [2.45, 2.75) is 6.42 Å². The Hall–Kier alpha value is -0.930. The molecule has 0 aliphatic rings. The first-order valence-corrected chi connectivity index (χ1v) is 4.98. The summed E-state index contributed by atoms with van der Waals surface area (Å²) in [5.41, 5.74) is 0.545. The van der Waals surface area contributed by atoms with Crippen molar-refractivity contribution in [2.24, 2.45) is 0 Å². The summed E-state index contributed by atoms with van der Waals surface area (Å²) >= 11 is 5.73. The van der Waals surface area contributed by atoms with Crippen LogP contribution in [0.5, 0.6) is 0 Å². The van der Waals surface area contributed by atoms with E-state index >= 15 is 0 Å². The number of carbonyl (C=O) groups is 1. The van der Waals surface area contributed by atoms with E-state index in [4.69, 9.17) is 11.6 Å². The summed E-state index contributed by atoms with van der Waals surface area (Å²) in [7, 11) is 3.62. The van der Waals surface area contributed by atoms with E-state index in [-0.39, 0.29) is 17.2 Å². The van der Waals surface area contributed by atoms with Crippen LogP contribution in [0.3, 0.4) is 0 Å². The van der Waals surface area contributed by atoms with Gasteiger partial charge in [0.1, 0.15) is 5.82 Å². The van der Waals surface area contributed by atoms with Crippen LogP contribution in [0.15, 0.2) is 18.2 Å². The normalized spacial score (nSPS) is 10.7. The third kappa shape index (κ3) is 3.61. The van der Waals surface area contributed by atoms with Gasteiger partial charge in [0.05, 0.1) is 11.6 Å². The van der Waals surface area contributed by atoms with E-state index < -0.39 is 5.82 Å². The van der Waals surface area contributed by atoms with Gasteiger partial charge in [-0.15, -0.1) is 0 Å². The van der Waals surface area contributed by atoms with Crippen LogP contribution >= 0.6 is 11.6 Å². The lowest BCUT2D eigenvalue weighted by Gasteiger charge is -2.09. The summed E-state index contributed by atoms with van der Waals surface area (Å²) in [6.45, 7) is 0.340. The maximum Gasteiger partial charge on any atom is 0.151 e. The summed E-state index contributed by atoms with van der Waals surface area (Å²) in [5, 5.41) is 0.0459. The second-order valence-corrected chi connectivity index (χ2v) is 4.04. The molecule has 0 saturated carbocycles. The van der Waals surface area contributed by atoms with Gasteiger partial charge in [-0.25, -0.2) is 4.39 Å². The predicted octanol–water partition coefficient (Wildman–Crippen LogP) is 2.15. The van der Waals surface area contributed by atoms with Crippen molar-refractivity contribution in [1.29, 1.82) is 0 Å². The van der Waals surface area contributed by atoms with Gasteiger partial charge in [-0.1, -0.05) is 23.7 Å². The molecule has 1 rings (SSSR count). The van der Waals surface area contributed by atoms with Gasteiger partial charge in [-0.05, 0) is 25.7 Å². The van der Waals surface area contributed by atoms with Crippen molar-refractivity contribution < 1.29 is 9.18 Å². The zero-order valence-electron chi connectivity index (χ0n) is 8.76. The second kappa shape index (κ2) is 5.24. The monoisotopic (exact) mass is 229 g/mol. The number of likely N-dealkylation sites (N-methyl/N-ethyl adjacent to an activating group) is 1. The molecule has 0 fully saturated rings. The Morgan fingerprint density at radius 1 is 1.47 bits per heavy atom. The van der Waals surface area contributed by atoms with E-state index in [2.05, 4.69) is 0 Å². The molecule has 15 heavy (non-hydrogen) atoms. The highest BCUT2D eigenvalue weighted by Crippen LogP contribution is 2.20. The Bertz CT molecular complexity index is 366. The van der Waals surface area contributed by atoms with Crippen LogP contribution in [0.25, 0.3) is 0 Å². The SMILES string of the molecule is CN(C)CC(=O)Cc1cccc(F)c1Cl. The molecule has 0 radical (unpaired) electrons. The number of benzene rings is 1. The fourth-order valence-electron chi connectivity index (χ4n) is 1.31. The van der Waals surface area contributed by atoms with Crippen molar-refractivity contribution >= 4 is 17.4 Å². The first-order chi connectivity index (χ1) is 7.00. The molecule has 0 N–H and O–H groups in total. The van der Waals surface area contributed by atoms with Gasteiger partial charge in [0.15, 0.2) is 5.78 Å². The zero-order valence-corrected chi connectivity index (χ0v) is 9.51. The molecule has 2 nitrogen and oxygen atoms in total. The molecule has 0 heterocycles. The van der Waals surface area contributed by atoms with Crippen molar-refractivity contribution in [3.8, 4) is 0 Å². The molecule has 0 aromatic heterocycles. The van der Waals surface area contributed by atoms with Crippen LogP contribution < -0.4 is 0 Å². The Kier molecular flexibility index (Phi) is 4.24. The topological polar surface area (TPSA) is 20.3 Å². The Labute approximate surface area is 93.6 Å². The van der Waals surface area contributed by atoms with Gasteiger partial charge in [-0.2, -0.15) is 0 Å². The summed E-state index contributed by atoms with van der Waals surface area (Å²) in [4.78, 5) is 13.2. The lowest BCUT2D eigenvalue weighted by atomic mass is 10.1. The fourth-order valence-corrected chi connectivity index (χ4v) is 1.50. The number of Topliss-reactive ketones (excluding diaryl/α,β-unsaturated/α-hetero) is 1. The molecule has 0 amide bonds. The van der Waals surface area contributed by atoms with Crippen molar-refractivity contribution in [3.05, 3.63) is 34.6 Å². The Morgan fingerprint density at radius 2 is 2.13 bits per heavy atom. The number of halogens is 2. The Balaban J connectivity index is 2.73. The molecule has 4 heteroatoms. The van der Waals surface area contributed by atoms with Crippen LogP contribution in [0.2, 0.25) is 5.02 Å². The summed E-state index contributed by atoms with van der Waals surface area (Å²) < 4.78 is 13.0. The molecule has 0 unspecified atom stereocenters. The molecule has 0 aliphatic carbocycles. The van der Waals surface area contributed by atoms with Gasteiger partial charge in [-0.3, -0.25) is 4.79 Å². The quantitative estimate of drug-likeness (QED) is 0.789. The molecule has 0 aliphatic heterocycles. The van der Waals surface area contributed by atoms with Gasteiger partial charge in [0, 0.05) is 6.42 Å². The third-order valence-electron chi connectivity index (χ3n) is 1.91. The second-order valence-electron chi connectivity index (χ2n) is 3.67. The van der Waals surface area contributed by atoms with Crippen LogP contribution in [-0.2, 0) is 11.2 Å². The number of carbonyl (C=O) groups excluding carboxylic acids is 1.